The molecule has 1 saturated heterocycles. The summed E-state index contributed by atoms with van der Waals surface area (Å²) in [5.74, 6) is 1.02. The van der Waals surface area contributed by atoms with Crippen LogP contribution in [0.15, 0.2) is 42.7 Å². The maximum Gasteiger partial charge on any atom is 0.158 e. The molecule has 0 amide bonds. The van der Waals surface area contributed by atoms with Gasteiger partial charge in [0.15, 0.2) is 5.82 Å². The third-order valence-corrected chi connectivity index (χ3v) is 4.69. The predicted octanol–water partition coefficient (Wildman–Crippen LogP) is 2.90. The number of anilines is 1. The second-order valence-corrected chi connectivity index (χ2v) is 6.61. The first-order valence-corrected chi connectivity index (χ1v) is 8.55. The number of likely N-dealkylation sites (N-methyl/N-ethyl adjacent to an activating group) is 1. The Morgan fingerprint density at radius 2 is 1.96 bits per heavy atom. The van der Waals surface area contributed by atoms with E-state index in [0.717, 1.165) is 47.4 Å². The van der Waals surface area contributed by atoms with Gasteiger partial charge in [-0.25, -0.2) is 0 Å². The summed E-state index contributed by atoms with van der Waals surface area (Å²) in [6.45, 7) is 2.15. The molecule has 0 radical (unpaired) electrons. The van der Waals surface area contributed by atoms with Gasteiger partial charge >= 0.3 is 0 Å². The number of pyridine rings is 1. The summed E-state index contributed by atoms with van der Waals surface area (Å²) in [7, 11) is 2.15. The molecule has 0 aliphatic carbocycles. The molecule has 0 unspecified atom stereocenters. The van der Waals surface area contributed by atoms with Crippen molar-refractivity contribution < 1.29 is 5.11 Å². The molecule has 6 heteroatoms. The highest BCUT2D eigenvalue weighted by Gasteiger charge is 2.19. The number of piperidine rings is 1. The quantitative estimate of drug-likeness (QED) is 0.767. The van der Waals surface area contributed by atoms with Gasteiger partial charge in [-0.05, 0) is 56.8 Å². The Morgan fingerprint density at radius 3 is 2.76 bits per heavy atom. The highest BCUT2D eigenvalue weighted by Crippen LogP contribution is 2.30. The van der Waals surface area contributed by atoms with Crippen molar-refractivity contribution in [3.8, 4) is 17.0 Å². The fourth-order valence-electron chi connectivity index (χ4n) is 3.41. The monoisotopic (exact) mass is 335 g/mol. The number of phenolic OH excluding ortho intramolecular Hbond substituents is 1. The first kappa shape index (κ1) is 15.8. The second-order valence-electron chi connectivity index (χ2n) is 6.61. The smallest absolute Gasteiger partial charge is 0.158 e. The van der Waals surface area contributed by atoms with Gasteiger partial charge in [0.05, 0.1) is 0 Å². The van der Waals surface area contributed by atoms with Crippen LogP contribution < -0.4 is 5.32 Å². The number of likely N-dealkylation sites (tertiary alicyclic amines) is 1. The van der Waals surface area contributed by atoms with E-state index in [-0.39, 0.29) is 5.75 Å². The van der Waals surface area contributed by atoms with Gasteiger partial charge in [-0.1, -0.05) is 0 Å². The lowest BCUT2D eigenvalue weighted by atomic mass is 10.0. The van der Waals surface area contributed by atoms with E-state index in [1.807, 2.05) is 24.4 Å². The molecule has 3 heterocycles. The topological polar surface area (TPSA) is 74.2 Å². The van der Waals surface area contributed by atoms with E-state index in [9.17, 15) is 5.11 Å². The molecule has 2 aromatic heterocycles. The molecular formula is C19H21N5O. The third kappa shape index (κ3) is 3.25. The number of hydrogen-bond acceptors (Lipinski definition) is 6. The molecular weight excluding hydrogens is 314 g/mol. The van der Waals surface area contributed by atoms with Gasteiger partial charge < -0.3 is 15.3 Å². The number of fused-ring (bicyclic) bond motifs is 1. The van der Waals surface area contributed by atoms with Crippen molar-refractivity contribution in [2.75, 3.05) is 25.5 Å². The number of aromatic hydroxyl groups is 1. The third-order valence-electron chi connectivity index (χ3n) is 4.69. The van der Waals surface area contributed by atoms with Gasteiger partial charge in [-0.2, -0.15) is 0 Å². The van der Waals surface area contributed by atoms with Gasteiger partial charge in [0.1, 0.15) is 11.4 Å². The maximum atomic E-state index is 9.50. The number of rotatable bonds is 3. The van der Waals surface area contributed by atoms with Crippen molar-refractivity contribution in [2.24, 2.45) is 0 Å². The summed E-state index contributed by atoms with van der Waals surface area (Å²) in [5, 5.41) is 23.9. The molecule has 128 valence electrons. The molecule has 25 heavy (non-hydrogen) atoms. The molecule has 2 N–H and O–H groups in total. The summed E-state index contributed by atoms with van der Waals surface area (Å²) in [6.07, 6.45) is 5.92. The van der Waals surface area contributed by atoms with Crippen molar-refractivity contribution in [1.82, 2.24) is 20.1 Å². The number of nitrogens with one attached hydrogen (secondary N) is 1. The lowest BCUT2D eigenvalue weighted by Gasteiger charge is -2.30. The van der Waals surface area contributed by atoms with E-state index < -0.39 is 0 Å². The van der Waals surface area contributed by atoms with Crippen molar-refractivity contribution in [2.45, 2.75) is 18.9 Å². The van der Waals surface area contributed by atoms with Crippen molar-refractivity contribution in [3.63, 3.8) is 0 Å². The normalized spacial score (nSPS) is 18.4. The van der Waals surface area contributed by atoms with Crippen LogP contribution in [0.2, 0.25) is 0 Å². The van der Waals surface area contributed by atoms with Gasteiger partial charge in [0.2, 0.25) is 0 Å². The van der Waals surface area contributed by atoms with Crippen molar-refractivity contribution in [1.29, 1.82) is 0 Å². The van der Waals surface area contributed by atoms with Crippen molar-refractivity contribution in [3.05, 3.63) is 42.7 Å². The summed E-state index contributed by atoms with van der Waals surface area (Å²) >= 11 is 0. The highest BCUT2D eigenvalue weighted by molar-refractivity contribution is 5.99. The van der Waals surface area contributed by atoms with E-state index in [1.54, 1.807) is 18.3 Å². The molecule has 6 nitrogen and oxygen atoms in total. The number of nitrogens with zero attached hydrogens (tertiary/aromatic N) is 4. The van der Waals surface area contributed by atoms with E-state index in [1.165, 1.54) is 6.42 Å². The lowest BCUT2D eigenvalue weighted by Crippen LogP contribution is -2.40. The fourth-order valence-corrected chi connectivity index (χ4v) is 3.41. The van der Waals surface area contributed by atoms with Gasteiger partial charge in [-0.15, -0.1) is 10.2 Å². The average Bonchev–Trinajstić information content (AvgIpc) is 2.63. The minimum absolute atomic E-state index is 0.238. The number of benzene rings is 1. The summed E-state index contributed by atoms with van der Waals surface area (Å²) in [6, 6.07) is 9.35. The lowest BCUT2D eigenvalue weighted by molar-refractivity contribution is 0.261. The van der Waals surface area contributed by atoms with Crippen LogP contribution in [0.1, 0.15) is 12.8 Å². The van der Waals surface area contributed by atoms with Crippen molar-refractivity contribution >= 4 is 16.6 Å². The predicted molar refractivity (Wildman–Crippen MR) is 98.6 cm³/mol. The highest BCUT2D eigenvalue weighted by atomic mass is 16.3. The molecule has 1 fully saturated rings. The largest absolute Gasteiger partial charge is 0.508 e. The van der Waals surface area contributed by atoms with Gasteiger partial charge in [0, 0.05) is 41.3 Å². The van der Waals surface area contributed by atoms with Crippen LogP contribution in [0, 0.1) is 0 Å². The molecule has 1 aliphatic heterocycles. The van der Waals surface area contributed by atoms with Gasteiger partial charge in [-0.3, -0.25) is 4.98 Å². The average molecular weight is 335 g/mol. The molecule has 3 aromatic rings. The summed E-state index contributed by atoms with van der Waals surface area (Å²) in [4.78, 5) is 6.61. The van der Waals surface area contributed by atoms with Crippen LogP contribution in [-0.2, 0) is 0 Å². The number of aromatic nitrogens is 3. The molecule has 0 bridgehead atoms. The maximum absolute atomic E-state index is 9.50. The van der Waals surface area contributed by atoms with E-state index in [4.69, 9.17) is 0 Å². The molecule has 0 spiro atoms. The Labute approximate surface area is 146 Å². The van der Waals surface area contributed by atoms with Crippen LogP contribution in [0.5, 0.6) is 5.75 Å². The molecule has 4 rings (SSSR count). The number of phenols is 1. The second kappa shape index (κ2) is 6.64. The van der Waals surface area contributed by atoms with E-state index >= 15 is 0 Å². The minimum Gasteiger partial charge on any atom is -0.508 e. The SMILES string of the molecule is CN1CCC[C@@H](Nc2nnc(-c3ccc(O)cc3)c3ccncc23)C1. The molecule has 1 aromatic carbocycles. The fraction of sp³-hybridized carbons (Fsp3) is 0.316. The van der Waals surface area contributed by atoms with E-state index in [2.05, 4.69) is 32.4 Å². The zero-order chi connectivity index (χ0) is 17.2. The van der Waals surface area contributed by atoms with Crippen LogP contribution >= 0.6 is 0 Å². The van der Waals surface area contributed by atoms with Crippen LogP contribution in [0.25, 0.3) is 22.0 Å². The molecule has 1 aliphatic rings. The summed E-state index contributed by atoms with van der Waals surface area (Å²) in [5.41, 5.74) is 1.72. The Morgan fingerprint density at radius 1 is 1.12 bits per heavy atom. The Balaban J connectivity index is 1.73. The number of hydrogen-bond donors (Lipinski definition) is 2. The zero-order valence-electron chi connectivity index (χ0n) is 14.2. The van der Waals surface area contributed by atoms with Crippen LogP contribution in [0.4, 0.5) is 5.82 Å². The standard InChI is InChI=1S/C19H21N5O/c1-24-10-2-3-14(12-24)21-19-17-11-20-9-8-16(17)18(22-23-19)13-4-6-15(25)7-5-13/h4-9,11,14,25H,2-3,10,12H2,1H3,(H,21,23)/t14-/m1/s1. The van der Waals surface area contributed by atoms with Crippen LogP contribution in [0.3, 0.4) is 0 Å². The molecule has 0 saturated carbocycles. The Kier molecular flexibility index (Phi) is 4.19. The molecule has 1 atom stereocenters. The Bertz CT molecular complexity index is 881. The Hall–Kier alpha value is -2.73. The van der Waals surface area contributed by atoms with Crippen LogP contribution in [-0.4, -0.2) is 51.4 Å². The zero-order valence-corrected chi connectivity index (χ0v) is 14.2. The van der Waals surface area contributed by atoms with E-state index in [0.29, 0.717) is 6.04 Å². The first-order valence-electron chi connectivity index (χ1n) is 8.55. The summed E-state index contributed by atoms with van der Waals surface area (Å²) < 4.78 is 0. The van der Waals surface area contributed by atoms with Gasteiger partial charge in [0.25, 0.3) is 0 Å². The first-order chi connectivity index (χ1) is 12.2. The minimum atomic E-state index is 0.238.